The van der Waals surface area contributed by atoms with Crippen LogP contribution in [0.4, 0.5) is 5.69 Å². The Balaban J connectivity index is 2.00. The molecule has 0 aliphatic heterocycles. The van der Waals surface area contributed by atoms with E-state index < -0.39 is 0 Å². The van der Waals surface area contributed by atoms with E-state index in [4.69, 9.17) is 21.1 Å². The summed E-state index contributed by atoms with van der Waals surface area (Å²) >= 11 is 6.02. The molecule has 122 valence electrons. The second kappa shape index (κ2) is 9.02. The lowest BCUT2D eigenvalue weighted by molar-refractivity contribution is -0.119. The van der Waals surface area contributed by atoms with Gasteiger partial charge < -0.3 is 20.1 Å². The van der Waals surface area contributed by atoms with Crippen LogP contribution in [0, 0.1) is 0 Å². The standard InChI is InChI=1S/C17H19ClN2O3/c1-22-10-9-19-17(21)12-20-15-11-13(18)7-8-16(15)23-14-5-3-2-4-6-14/h2-8,11,20H,9-10,12H2,1H3,(H,19,21). The first-order valence-electron chi connectivity index (χ1n) is 7.21. The summed E-state index contributed by atoms with van der Waals surface area (Å²) in [5.74, 6) is 1.18. The molecular formula is C17H19ClN2O3. The van der Waals surface area contributed by atoms with Gasteiger partial charge in [0.1, 0.15) is 5.75 Å². The number of hydrogen-bond donors (Lipinski definition) is 2. The van der Waals surface area contributed by atoms with Gasteiger partial charge in [0.2, 0.25) is 5.91 Å². The molecule has 0 saturated heterocycles. The van der Waals surface area contributed by atoms with E-state index in [0.29, 0.717) is 35.4 Å². The number of ether oxygens (including phenoxy) is 2. The van der Waals surface area contributed by atoms with Crippen molar-refractivity contribution in [2.24, 2.45) is 0 Å². The summed E-state index contributed by atoms with van der Waals surface area (Å²) in [5, 5.41) is 6.34. The third-order valence-corrected chi connectivity index (χ3v) is 3.22. The minimum atomic E-state index is -0.132. The number of rotatable bonds is 8. The van der Waals surface area contributed by atoms with E-state index in [9.17, 15) is 4.79 Å². The molecule has 2 N–H and O–H groups in total. The van der Waals surface area contributed by atoms with Gasteiger partial charge in [-0.1, -0.05) is 29.8 Å². The number of methoxy groups -OCH3 is 1. The van der Waals surface area contributed by atoms with Gasteiger partial charge in [0.25, 0.3) is 0 Å². The van der Waals surface area contributed by atoms with Crippen LogP contribution >= 0.6 is 11.6 Å². The Labute approximate surface area is 140 Å². The van der Waals surface area contributed by atoms with Gasteiger partial charge in [0.05, 0.1) is 18.8 Å². The van der Waals surface area contributed by atoms with E-state index in [1.165, 1.54) is 0 Å². The smallest absolute Gasteiger partial charge is 0.239 e. The lowest BCUT2D eigenvalue weighted by Crippen LogP contribution is -2.32. The number of benzene rings is 2. The van der Waals surface area contributed by atoms with Crippen molar-refractivity contribution in [3.8, 4) is 11.5 Å². The molecule has 23 heavy (non-hydrogen) atoms. The number of halogens is 1. The first-order chi connectivity index (χ1) is 11.2. The fourth-order valence-electron chi connectivity index (χ4n) is 1.88. The molecule has 0 spiro atoms. The molecule has 0 bridgehead atoms. The highest BCUT2D eigenvalue weighted by atomic mass is 35.5. The molecule has 2 aromatic carbocycles. The Hall–Kier alpha value is -2.24. The molecule has 0 aromatic heterocycles. The van der Waals surface area contributed by atoms with Crippen molar-refractivity contribution in [3.05, 3.63) is 53.6 Å². The number of amides is 1. The predicted octanol–water partition coefficient (Wildman–Crippen LogP) is 3.31. The summed E-state index contributed by atoms with van der Waals surface area (Å²) in [4.78, 5) is 11.7. The maximum absolute atomic E-state index is 11.7. The SMILES string of the molecule is COCCNC(=O)CNc1cc(Cl)ccc1Oc1ccccc1. The fourth-order valence-corrected chi connectivity index (χ4v) is 2.05. The molecule has 6 heteroatoms. The fraction of sp³-hybridized carbons (Fsp3) is 0.235. The van der Waals surface area contributed by atoms with Crippen molar-refractivity contribution in [1.82, 2.24) is 5.32 Å². The quantitative estimate of drug-likeness (QED) is 0.727. The molecule has 5 nitrogen and oxygen atoms in total. The average molecular weight is 335 g/mol. The van der Waals surface area contributed by atoms with E-state index in [0.717, 1.165) is 0 Å². The largest absolute Gasteiger partial charge is 0.455 e. The van der Waals surface area contributed by atoms with Gasteiger partial charge in [-0.3, -0.25) is 4.79 Å². The molecule has 2 aromatic rings. The summed E-state index contributed by atoms with van der Waals surface area (Å²) in [7, 11) is 1.59. The maximum atomic E-state index is 11.7. The predicted molar refractivity (Wildman–Crippen MR) is 91.3 cm³/mol. The van der Waals surface area contributed by atoms with Crippen molar-refractivity contribution < 1.29 is 14.3 Å². The zero-order valence-electron chi connectivity index (χ0n) is 12.8. The van der Waals surface area contributed by atoms with Gasteiger partial charge in [0, 0.05) is 18.7 Å². The Morgan fingerprint density at radius 2 is 1.96 bits per heavy atom. The van der Waals surface area contributed by atoms with E-state index in [1.807, 2.05) is 30.3 Å². The first kappa shape index (κ1) is 17.1. The molecule has 0 radical (unpaired) electrons. The summed E-state index contributed by atoms with van der Waals surface area (Å²) in [6, 6.07) is 14.6. The molecule has 0 unspecified atom stereocenters. The maximum Gasteiger partial charge on any atom is 0.239 e. The van der Waals surface area contributed by atoms with Crippen LogP contribution in [0.3, 0.4) is 0 Å². The minimum Gasteiger partial charge on any atom is -0.455 e. The Bertz CT molecular complexity index is 635. The van der Waals surface area contributed by atoms with Crippen LogP contribution in [0.5, 0.6) is 11.5 Å². The van der Waals surface area contributed by atoms with Crippen LogP contribution in [-0.4, -0.2) is 32.7 Å². The van der Waals surface area contributed by atoms with Crippen LogP contribution < -0.4 is 15.4 Å². The van der Waals surface area contributed by atoms with Crippen molar-refractivity contribution >= 4 is 23.2 Å². The second-order valence-electron chi connectivity index (χ2n) is 4.75. The van der Waals surface area contributed by atoms with Crippen LogP contribution in [0.2, 0.25) is 5.02 Å². The number of nitrogens with one attached hydrogen (secondary N) is 2. The minimum absolute atomic E-state index is 0.120. The number of hydrogen-bond acceptors (Lipinski definition) is 4. The molecule has 1 amide bonds. The Morgan fingerprint density at radius 1 is 1.17 bits per heavy atom. The van der Waals surface area contributed by atoms with Crippen molar-refractivity contribution in [1.29, 1.82) is 0 Å². The summed E-state index contributed by atoms with van der Waals surface area (Å²) in [5.41, 5.74) is 0.656. The van der Waals surface area contributed by atoms with Crippen molar-refractivity contribution in [3.63, 3.8) is 0 Å². The van der Waals surface area contributed by atoms with Crippen LogP contribution in [0.1, 0.15) is 0 Å². The Kier molecular flexibility index (Phi) is 6.72. The van der Waals surface area contributed by atoms with E-state index >= 15 is 0 Å². The third-order valence-electron chi connectivity index (χ3n) is 2.98. The Morgan fingerprint density at radius 3 is 2.70 bits per heavy atom. The van der Waals surface area contributed by atoms with E-state index in [1.54, 1.807) is 25.3 Å². The molecule has 0 aliphatic rings. The van der Waals surface area contributed by atoms with Gasteiger partial charge in [-0.2, -0.15) is 0 Å². The average Bonchev–Trinajstić information content (AvgIpc) is 2.56. The molecule has 2 rings (SSSR count). The summed E-state index contributed by atoms with van der Waals surface area (Å²) in [6.45, 7) is 1.07. The van der Waals surface area contributed by atoms with Crippen LogP contribution in [-0.2, 0) is 9.53 Å². The highest BCUT2D eigenvalue weighted by molar-refractivity contribution is 6.30. The number of carbonyl (C=O) groups excluding carboxylic acids is 1. The molecule has 0 aliphatic carbocycles. The first-order valence-corrected chi connectivity index (χ1v) is 7.59. The number of anilines is 1. The normalized spacial score (nSPS) is 10.2. The highest BCUT2D eigenvalue weighted by Crippen LogP contribution is 2.31. The zero-order chi connectivity index (χ0) is 16.5. The van der Waals surface area contributed by atoms with Gasteiger partial charge in [-0.05, 0) is 30.3 Å². The number of carbonyl (C=O) groups is 1. The van der Waals surface area contributed by atoms with Gasteiger partial charge >= 0.3 is 0 Å². The van der Waals surface area contributed by atoms with E-state index in [2.05, 4.69) is 10.6 Å². The van der Waals surface area contributed by atoms with E-state index in [-0.39, 0.29) is 12.5 Å². The van der Waals surface area contributed by atoms with Crippen molar-refractivity contribution in [2.75, 3.05) is 32.1 Å². The zero-order valence-corrected chi connectivity index (χ0v) is 13.6. The highest BCUT2D eigenvalue weighted by Gasteiger charge is 2.08. The topological polar surface area (TPSA) is 59.6 Å². The second-order valence-corrected chi connectivity index (χ2v) is 5.19. The van der Waals surface area contributed by atoms with Crippen LogP contribution in [0.15, 0.2) is 48.5 Å². The molecule has 0 heterocycles. The summed E-state index contributed by atoms with van der Waals surface area (Å²) < 4.78 is 10.7. The third kappa shape index (κ3) is 5.81. The molecular weight excluding hydrogens is 316 g/mol. The molecule has 0 fully saturated rings. The lowest BCUT2D eigenvalue weighted by Gasteiger charge is -2.13. The van der Waals surface area contributed by atoms with Crippen LogP contribution in [0.25, 0.3) is 0 Å². The van der Waals surface area contributed by atoms with Gasteiger partial charge in [-0.25, -0.2) is 0 Å². The lowest BCUT2D eigenvalue weighted by atomic mass is 10.2. The molecule has 0 saturated carbocycles. The van der Waals surface area contributed by atoms with Crippen molar-refractivity contribution in [2.45, 2.75) is 0 Å². The monoisotopic (exact) mass is 334 g/mol. The van der Waals surface area contributed by atoms with Gasteiger partial charge in [-0.15, -0.1) is 0 Å². The molecule has 0 atom stereocenters. The summed E-state index contributed by atoms with van der Waals surface area (Å²) in [6.07, 6.45) is 0. The number of para-hydroxylation sites is 1. The van der Waals surface area contributed by atoms with Gasteiger partial charge in [0.15, 0.2) is 5.75 Å².